The zero-order valence-electron chi connectivity index (χ0n) is 11.1. The summed E-state index contributed by atoms with van der Waals surface area (Å²) in [7, 11) is 0. The molecule has 0 unspecified atom stereocenters. The summed E-state index contributed by atoms with van der Waals surface area (Å²) in [5.74, 6) is -0.375. The minimum Gasteiger partial charge on any atom is -0.323 e. The van der Waals surface area contributed by atoms with Gasteiger partial charge in [0.2, 0.25) is 5.91 Å². The smallest absolute Gasteiger partial charge is 0.269 e. The fraction of sp³-hybridized carbons (Fsp3) is 0. The number of carbonyl (C=O) groups is 1. The first-order valence-electron chi connectivity index (χ1n) is 6.14. The van der Waals surface area contributed by atoms with Crippen molar-refractivity contribution in [1.82, 2.24) is 0 Å². The van der Waals surface area contributed by atoms with E-state index in [1.165, 1.54) is 30.3 Å². The standard InChI is InChI=1S/C15H10Cl2N2O3/c16-11-3-1-10(14(17)9-11)2-8-15(20)18-12-4-6-13(7-5-12)19(21)22/h1-9H,(H,18,20)/b8-2+. The van der Waals surface area contributed by atoms with Crippen LogP contribution in [-0.2, 0) is 4.79 Å². The minimum absolute atomic E-state index is 0.0403. The van der Waals surface area contributed by atoms with E-state index in [0.29, 0.717) is 21.3 Å². The lowest BCUT2D eigenvalue weighted by atomic mass is 10.2. The number of hydrogen-bond acceptors (Lipinski definition) is 3. The van der Waals surface area contributed by atoms with Crippen LogP contribution in [0.3, 0.4) is 0 Å². The largest absolute Gasteiger partial charge is 0.323 e. The summed E-state index contributed by atoms with van der Waals surface area (Å²) < 4.78 is 0. The number of non-ortho nitro benzene ring substituents is 1. The first kappa shape index (κ1) is 16.0. The maximum Gasteiger partial charge on any atom is 0.269 e. The van der Waals surface area contributed by atoms with Gasteiger partial charge in [0.25, 0.3) is 5.69 Å². The topological polar surface area (TPSA) is 72.2 Å². The van der Waals surface area contributed by atoms with Gasteiger partial charge in [-0.15, -0.1) is 0 Å². The van der Waals surface area contributed by atoms with Gasteiger partial charge >= 0.3 is 0 Å². The number of nitrogens with one attached hydrogen (secondary N) is 1. The Morgan fingerprint density at radius 2 is 1.82 bits per heavy atom. The molecule has 2 rings (SSSR count). The van der Waals surface area contributed by atoms with E-state index in [1.807, 2.05) is 0 Å². The number of benzene rings is 2. The number of nitrogens with zero attached hydrogens (tertiary/aromatic N) is 1. The highest BCUT2D eigenvalue weighted by atomic mass is 35.5. The molecule has 0 aromatic heterocycles. The normalized spacial score (nSPS) is 10.6. The molecule has 0 radical (unpaired) electrons. The third-order valence-corrected chi connectivity index (χ3v) is 3.28. The zero-order valence-corrected chi connectivity index (χ0v) is 12.6. The molecule has 0 saturated heterocycles. The van der Waals surface area contributed by atoms with E-state index in [2.05, 4.69) is 5.32 Å². The second-order valence-electron chi connectivity index (χ2n) is 4.29. The quantitative estimate of drug-likeness (QED) is 0.505. The van der Waals surface area contributed by atoms with Crippen LogP contribution in [0.15, 0.2) is 48.5 Å². The second-order valence-corrected chi connectivity index (χ2v) is 5.14. The van der Waals surface area contributed by atoms with Gasteiger partial charge in [0.1, 0.15) is 0 Å². The molecule has 0 bridgehead atoms. The Bertz CT molecular complexity index is 743. The predicted molar refractivity (Wildman–Crippen MR) is 87.2 cm³/mol. The van der Waals surface area contributed by atoms with Crippen LogP contribution < -0.4 is 5.32 Å². The summed E-state index contributed by atoms with van der Waals surface area (Å²) >= 11 is 11.8. The molecule has 0 aliphatic carbocycles. The molecule has 2 aromatic rings. The third-order valence-electron chi connectivity index (χ3n) is 2.72. The molecule has 0 heterocycles. The lowest BCUT2D eigenvalue weighted by molar-refractivity contribution is -0.384. The Labute approximate surface area is 136 Å². The van der Waals surface area contributed by atoms with Crippen molar-refractivity contribution >= 4 is 46.6 Å². The van der Waals surface area contributed by atoms with Crippen LogP contribution in [0.2, 0.25) is 10.0 Å². The van der Waals surface area contributed by atoms with Gasteiger partial charge in [-0.2, -0.15) is 0 Å². The van der Waals surface area contributed by atoms with Crippen LogP contribution in [0, 0.1) is 10.1 Å². The molecule has 0 aliphatic heterocycles. The van der Waals surface area contributed by atoms with E-state index < -0.39 is 4.92 Å². The molecule has 1 amide bonds. The molecule has 5 nitrogen and oxygen atoms in total. The van der Waals surface area contributed by atoms with Crippen molar-refractivity contribution in [3.63, 3.8) is 0 Å². The number of carbonyl (C=O) groups excluding carboxylic acids is 1. The van der Waals surface area contributed by atoms with Gasteiger partial charge in [-0.1, -0.05) is 29.3 Å². The van der Waals surface area contributed by atoms with Gasteiger partial charge < -0.3 is 5.32 Å². The van der Waals surface area contributed by atoms with E-state index in [9.17, 15) is 14.9 Å². The van der Waals surface area contributed by atoms with E-state index in [4.69, 9.17) is 23.2 Å². The summed E-state index contributed by atoms with van der Waals surface area (Å²) in [6.07, 6.45) is 2.87. The molecule has 7 heteroatoms. The number of nitro groups is 1. The Morgan fingerprint density at radius 3 is 2.41 bits per heavy atom. The number of rotatable bonds is 4. The van der Waals surface area contributed by atoms with Crippen molar-refractivity contribution in [3.8, 4) is 0 Å². The zero-order chi connectivity index (χ0) is 16.1. The molecule has 22 heavy (non-hydrogen) atoms. The summed E-state index contributed by atoms with van der Waals surface area (Å²) in [6.45, 7) is 0. The molecule has 1 N–H and O–H groups in total. The highest BCUT2D eigenvalue weighted by Crippen LogP contribution is 2.22. The van der Waals surface area contributed by atoms with Crippen LogP contribution in [0.25, 0.3) is 6.08 Å². The average molecular weight is 337 g/mol. The van der Waals surface area contributed by atoms with E-state index in [0.717, 1.165) is 0 Å². The van der Waals surface area contributed by atoms with Crippen LogP contribution in [-0.4, -0.2) is 10.8 Å². The number of anilines is 1. The van der Waals surface area contributed by atoms with Gasteiger partial charge in [0.15, 0.2) is 0 Å². The van der Waals surface area contributed by atoms with E-state index in [1.54, 1.807) is 24.3 Å². The summed E-state index contributed by atoms with van der Waals surface area (Å²) in [5.41, 5.74) is 1.08. The molecule has 0 fully saturated rings. The number of amides is 1. The molecule has 0 atom stereocenters. The van der Waals surface area contributed by atoms with Crippen molar-refractivity contribution in [2.75, 3.05) is 5.32 Å². The molecule has 0 spiro atoms. The number of hydrogen-bond donors (Lipinski definition) is 1. The van der Waals surface area contributed by atoms with Crippen molar-refractivity contribution in [2.24, 2.45) is 0 Å². The van der Waals surface area contributed by atoms with Gasteiger partial charge in [0, 0.05) is 33.9 Å². The fourth-order valence-electron chi connectivity index (χ4n) is 1.65. The molecule has 112 valence electrons. The Hall–Kier alpha value is -2.37. The lowest BCUT2D eigenvalue weighted by Crippen LogP contribution is -2.07. The van der Waals surface area contributed by atoms with E-state index in [-0.39, 0.29) is 11.6 Å². The molecular formula is C15H10Cl2N2O3. The van der Waals surface area contributed by atoms with Crippen molar-refractivity contribution in [3.05, 3.63) is 74.3 Å². The third kappa shape index (κ3) is 4.31. The lowest BCUT2D eigenvalue weighted by Gasteiger charge is -2.02. The Balaban J connectivity index is 2.03. The molecule has 0 aliphatic rings. The van der Waals surface area contributed by atoms with E-state index >= 15 is 0 Å². The molecular weight excluding hydrogens is 327 g/mol. The van der Waals surface area contributed by atoms with Crippen LogP contribution in [0.4, 0.5) is 11.4 Å². The van der Waals surface area contributed by atoms with Gasteiger partial charge in [-0.3, -0.25) is 14.9 Å². The fourth-order valence-corrected chi connectivity index (χ4v) is 2.12. The van der Waals surface area contributed by atoms with Gasteiger partial charge in [-0.25, -0.2) is 0 Å². The Morgan fingerprint density at radius 1 is 1.14 bits per heavy atom. The Kier molecular flexibility index (Phi) is 5.14. The SMILES string of the molecule is O=C(/C=C/c1ccc(Cl)cc1Cl)Nc1ccc([N+](=O)[O-])cc1. The summed E-state index contributed by atoms with van der Waals surface area (Å²) in [5, 5.41) is 14.1. The number of halogens is 2. The summed E-state index contributed by atoms with van der Waals surface area (Å²) in [6, 6.07) is 10.5. The van der Waals surface area contributed by atoms with Crippen LogP contribution in [0.1, 0.15) is 5.56 Å². The average Bonchev–Trinajstić information content (AvgIpc) is 2.47. The second kappa shape index (κ2) is 7.06. The van der Waals surface area contributed by atoms with Crippen molar-refractivity contribution in [2.45, 2.75) is 0 Å². The van der Waals surface area contributed by atoms with Crippen molar-refractivity contribution < 1.29 is 9.72 Å². The maximum atomic E-state index is 11.8. The minimum atomic E-state index is -0.506. The highest BCUT2D eigenvalue weighted by molar-refractivity contribution is 6.35. The van der Waals surface area contributed by atoms with Crippen LogP contribution >= 0.6 is 23.2 Å². The van der Waals surface area contributed by atoms with Gasteiger partial charge in [0.05, 0.1) is 4.92 Å². The highest BCUT2D eigenvalue weighted by Gasteiger charge is 2.05. The number of nitro benzene ring substituents is 1. The monoisotopic (exact) mass is 336 g/mol. The molecule has 0 saturated carbocycles. The van der Waals surface area contributed by atoms with Crippen molar-refractivity contribution in [1.29, 1.82) is 0 Å². The maximum absolute atomic E-state index is 11.8. The first-order valence-corrected chi connectivity index (χ1v) is 6.90. The predicted octanol–water partition coefficient (Wildman–Crippen LogP) is 4.55. The molecule has 2 aromatic carbocycles. The first-order chi connectivity index (χ1) is 10.5. The van der Waals surface area contributed by atoms with Crippen LogP contribution in [0.5, 0.6) is 0 Å². The summed E-state index contributed by atoms with van der Waals surface area (Å²) in [4.78, 5) is 21.8. The van der Waals surface area contributed by atoms with Gasteiger partial charge in [-0.05, 0) is 35.9 Å².